The molecule has 1 heterocycles. The third kappa shape index (κ3) is 3.16. The lowest BCUT2D eigenvalue weighted by molar-refractivity contribution is 1.52. The van der Waals surface area contributed by atoms with Crippen LogP contribution in [0.4, 0.5) is 5.69 Å². The maximum Gasteiger partial charge on any atom is 0.0630 e. The Hall–Kier alpha value is -1.90. The smallest absolute Gasteiger partial charge is 0.0630 e. The Morgan fingerprint density at radius 2 is 1.80 bits per heavy atom. The van der Waals surface area contributed by atoms with Crippen molar-refractivity contribution in [1.29, 1.82) is 0 Å². The van der Waals surface area contributed by atoms with Crippen molar-refractivity contribution in [2.75, 3.05) is 0 Å². The summed E-state index contributed by atoms with van der Waals surface area (Å²) in [6.07, 6.45) is 1.88. The van der Waals surface area contributed by atoms with Crippen molar-refractivity contribution >= 4 is 34.8 Å². The van der Waals surface area contributed by atoms with Crippen molar-refractivity contribution < 1.29 is 0 Å². The zero-order valence-electron chi connectivity index (χ0n) is 10.7. The van der Waals surface area contributed by atoms with Crippen LogP contribution in [0.1, 0.15) is 5.56 Å². The molecule has 1 nitrogen and oxygen atoms in total. The van der Waals surface area contributed by atoms with Gasteiger partial charge in [0.25, 0.3) is 0 Å². The van der Waals surface area contributed by atoms with Crippen molar-refractivity contribution in [1.82, 2.24) is 0 Å². The molecule has 0 radical (unpaired) electrons. The Balaban J connectivity index is 1.84. The first-order valence-electron chi connectivity index (χ1n) is 6.25. The quantitative estimate of drug-likeness (QED) is 0.540. The molecule has 3 aromatic rings. The summed E-state index contributed by atoms with van der Waals surface area (Å²) < 4.78 is 0. The molecule has 1 aromatic heterocycles. The van der Waals surface area contributed by atoms with Crippen LogP contribution in [0.5, 0.6) is 0 Å². The van der Waals surface area contributed by atoms with E-state index in [2.05, 4.69) is 46.8 Å². The molecule has 0 aliphatic rings. The molecule has 98 valence electrons. The molecule has 0 saturated carbocycles. The first-order valence-corrected chi connectivity index (χ1v) is 7.50. The van der Waals surface area contributed by atoms with Gasteiger partial charge in [-0.25, -0.2) is 0 Å². The van der Waals surface area contributed by atoms with Gasteiger partial charge >= 0.3 is 0 Å². The van der Waals surface area contributed by atoms with Crippen LogP contribution in [-0.4, -0.2) is 6.21 Å². The molecule has 0 aliphatic carbocycles. The molecule has 0 saturated heterocycles. The van der Waals surface area contributed by atoms with Crippen molar-refractivity contribution in [2.24, 2.45) is 4.99 Å². The van der Waals surface area contributed by atoms with E-state index in [1.165, 1.54) is 10.4 Å². The molecule has 3 rings (SSSR count). The average molecular weight is 298 g/mol. The highest BCUT2D eigenvalue weighted by Crippen LogP contribution is 2.25. The number of nitrogens with zero attached hydrogens (tertiary/aromatic N) is 1. The molecule has 2 aromatic carbocycles. The maximum atomic E-state index is 5.86. The predicted octanol–water partition coefficient (Wildman–Crippen LogP) is 5.82. The topological polar surface area (TPSA) is 12.4 Å². The van der Waals surface area contributed by atoms with Crippen LogP contribution < -0.4 is 0 Å². The number of benzene rings is 2. The number of rotatable bonds is 3. The second kappa shape index (κ2) is 6.04. The third-order valence-corrected chi connectivity index (χ3v) is 4.05. The van der Waals surface area contributed by atoms with Gasteiger partial charge in [-0.2, -0.15) is 0 Å². The van der Waals surface area contributed by atoms with Gasteiger partial charge < -0.3 is 0 Å². The summed E-state index contributed by atoms with van der Waals surface area (Å²) >= 11 is 7.60. The lowest BCUT2D eigenvalue weighted by Gasteiger charge is -1.99. The van der Waals surface area contributed by atoms with E-state index < -0.39 is 0 Å². The fourth-order valence-corrected chi connectivity index (χ4v) is 2.74. The Morgan fingerprint density at radius 1 is 0.950 bits per heavy atom. The Kier molecular flexibility index (Phi) is 3.95. The highest BCUT2D eigenvalue weighted by molar-refractivity contribution is 7.13. The van der Waals surface area contributed by atoms with E-state index in [1.807, 2.05) is 30.5 Å². The number of aliphatic imine (C=N–C) groups is 1. The second-order valence-electron chi connectivity index (χ2n) is 4.34. The molecule has 3 heteroatoms. The minimum absolute atomic E-state index is 0.726. The van der Waals surface area contributed by atoms with E-state index in [1.54, 1.807) is 11.3 Å². The molecule has 20 heavy (non-hydrogen) atoms. The summed E-state index contributed by atoms with van der Waals surface area (Å²) in [4.78, 5) is 5.73. The minimum atomic E-state index is 0.726. The summed E-state index contributed by atoms with van der Waals surface area (Å²) in [5.74, 6) is 0. The number of hydrogen-bond donors (Lipinski definition) is 0. The van der Waals surface area contributed by atoms with Gasteiger partial charge in [-0.3, -0.25) is 4.99 Å². The molecular weight excluding hydrogens is 286 g/mol. The van der Waals surface area contributed by atoms with Gasteiger partial charge in [0.15, 0.2) is 0 Å². The van der Waals surface area contributed by atoms with Crippen LogP contribution in [0.2, 0.25) is 5.02 Å². The van der Waals surface area contributed by atoms with Crippen molar-refractivity contribution in [3.05, 3.63) is 76.6 Å². The highest BCUT2D eigenvalue weighted by Gasteiger charge is 1.98. The summed E-state index contributed by atoms with van der Waals surface area (Å²) in [6, 6.07) is 20.1. The van der Waals surface area contributed by atoms with Crippen molar-refractivity contribution in [3.63, 3.8) is 0 Å². The van der Waals surface area contributed by atoms with Gasteiger partial charge in [0.05, 0.1) is 5.69 Å². The minimum Gasteiger partial charge on any atom is -0.256 e. The number of halogens is 1. The first-order chi connectivity index (χ1) is 9.81. The van der Waals surface area contributed by atoms with E-state index in [-0.39, 0.29) is 0 Å². The Labute approximate surface area is 127 Å². The van der Waals surface area contributed by atoms with Crippen LogP contribution in [0.25, 0.3) is 10.4 Å². The summed E-state index contributed by atoms with van der Waals surface area (Å²) in [6.45, 7) is 0. The lowest BCUT2D eigenvalue weighted by Crippen LogP contribution is -1.81. The molecule has 0 N–H and O–H groups in total. The Bertz CT molecular complexity index is 715. The molecule has 0 atom stereocenters. The zero-order chi connectivity index (χ0) is 13.8. The normalized spacial score (nSPS) is 11.1. The van der Waals surface area contributed by atoms with Crippen LogP contribution in [0.15, 0.2) is 71.0 Å². The largest absolute Gasteiger partial charge is 0.256 e. The van der Waals surface area contributed by atoms with Gasteiger partial charge in [0, 0.05) is 16.1 Å². The molecule has 0 fully saturated rings. The maximum absolute atomic E-state index is 5.86. The van der Waals surface area contributed by atoms with Gasteiger partial charge in [-0.1, -0.05) is 35.9 Å². The molecule has 0 bridgehead atoms. The van der Waals surface area contributed by atoms with Crippen LogP contribution in [0, 0.1) is 0 Å². The van der Waals surface area contributed by atoms with E-state index >= 15 is 0 Å². The number of thiophene rings is 1. The average Bonchev–Trinajstić information content (AvgIpc) is 3.01. The SMILES string of the molecule is Clc1ccc(N=Cc2cccc(-c3cccs3)c2)cc1. The molecule has 0 aliphatic heterocycles. The fourth-order valence-electron chi connectivity index (χ4n) is 1.89. The standard InChI is InChI=1S/C17H12ClNS/c18-15-6-8-16(9-7-15)19-12-13-3-1-4-14(11-13)17-5-2-10-20-17/h1-12H. The van der Waals surface area contributed by atoms with E-state index in [0.717, 1.165) is 16.3 Å². The monoisotopic (exact) mass is 297 g/mol. The van der Waals surface area contributed by atoms with Gasteiger partial charge in [-0.05, 0) is 52.9 Å². The molecule has 0 unspecified atom stereocenters. The summed E-state index contributed by atoms with van der Waals surface area (Å²) in [7, 11) is 0. The van der Waals surface area contributed by atoms with E-state index in [4.69, 9.17) is 11.6 Å². The van der Waals surface area contributed by atoms with E-state index in [0.29, 0.717) is 0 Å². The molecule has 0 amide bonds. The fraction of sp³-hybridized carbons (Fsp3) is 0. The number of hydrogen-bond acceptors (Lipinski definition) is 2. The molecule has 0 spiro atoms. The zero-order valence-corrected chi connectivity index (χ0v) is 12.2. The van der Waals surface area contributed by atoms with Gasteiger partial charge in [0.1, 0.15) is 0 Å². The van der Waals surface area contributed by atoms with Crippen molar-refractivity contribution in [3.8, 4) is 10.4 Å². The lowest BCUT2D eigenvalue weighted by atomic mass is 10.1. The van der Waals surface area contributed by atoms with Crippen molar-refractivity contribution in [2.45, 2.75) is 0 Å². The van der Waals surface area contributed by atoms with Crippen LogP contribution in [0.3, 0.4) is 0 Å². The predicted molar refractivity (Wildman–Crippen MR) is 88.5 cm³/mol. The molecular formula is C17H12ClNS. The summed E-state index contributed by atoms with van der Waals surface area (Å²) in [5, 5.41) is 2.81. The van der Waals surface area contributed by atoms with Gasteiger partial charge in [0.2, 0.25) is 0 Å². The summed E-state index contributed by atoms with van der Waals surface area (Å²) in [5.41, 5.74) is 3.21. The first kappa shape index (κ1) is 13.1. The third-order valence-electron chi connectivity index (χ3n) is 2.88. The second-order valence-corrected chi connectivity index (χ2v) is 5.72. The Morgan fingerprint density at radius 3 is 2.55 bits per heavy atom. The van der Waals surface area contributed by atoms with E-state index in [9.17, 15) is 0 Å². The van der Waals surface area contributed by atoms with Gasteiger partial charge in [-0.15, -0.1) is 11.3 Å². The highest BCUT2D eigenvalue weighted by atomic mass is 35.5. The van der Waals surface area contributed by atoms with Crippen LogP contribution in [-0.2, 0) is 0 Å². The van der Waals surface area contributed by atoms with Crippen LogP contribution >= 0.6 is 22.9 Å².